The van der Waals surface area contributed by atoms with Crippen molar-refractivity contribution in [3.63, 3.8) is 0 Å². The number of hydrogen-bond donors (Lipinski definition) is 1. The number of allylic oxidation sites excluding steroid dienone is 1. The van der Waals surface area contributed by atoms with Crippen molar-refractivity contribution in [1.29, 1.82) is 0 Å². The van der Waals surface area contributed by atoms with Crippen LogP contribution in [0.3, 0.4) is 0 Å². The Morgan fingerprint density at radius 3 is 2.65 bits per heavy atom. The Morgan fingerprint density at radius 2 is 1.94 bits per heavy atom. The fourth-order valence-corrected chi connectivity index (χ4v) is 4.06. The number of nitrogens with zero attached hydrogens (tertiary/aromatic N) is 3. The van der Waals surface area contributed by atoms with Crippen LogP contribution in [0.25, 0.3) is 0 Å². The van der Waals surface area contributed by atoms with Gasteiger partial charge in [-0.05, 0) is 48.7 Å². The van der Waals surface area contributed by atoms with E-state index in [1.807, 2.05) is 42.5 Å². The minimum atomic E-state index is -0.515. The van der Waals surface area contributed by atoms with Gasteiger partial charge in [0, 0.05) is 10.7 Å². The number of benzene rings is 2. The molecular formula is C25H27ClN4O4. The first-order valence-electron chi connectivity index (χ1n) is 11.2. The standard InChI is InChI=1S/C25H27ClN4O4/c1-4-6-19-22(24(31)33-5-2)23(30-25(29-19)27-15-28-30)17-9-12-20(21(13-17)32-3)34-14-16-7-10-18(26)11-8-16/h7-13,15,23H,4-6,14H2,1-3H3,(H,27,28,29)/t23-/m1/s1. The lowest BCUT2D eigenvalue weighted by Crippen LogP contribution is -2.30. The molecule has 0 unspecified atom stereocenters. The zero-order chi connectivity index (χ0) is 24.1. The number of rotatable bonds is 9. The number of esters is 1. The largest absolute Gasteiger partial charge is 0.493 e. The van der Waals surface area contributed by atoms with Crippen molar-refractivity contribution >= 4 is 23.5 Å². The summed E-state index contributed by atoms with van der Waals surface area (Å²) >= 11 is 5.97. The quantitative estimate of drug-likeness (QED) is 0.422. The molecule has 1 aliphatic heterocycles. The first kappa shape index (κ1) is 23.6. The van der Waals surface area contributed by atoms with Gasteiger partial charge in [0.15, 0.2) is 11.5 Å². The SMILES string of the molecule is CCCC1=C(C(=O)OCC)[C@@H](c2ccc(OCc3ccc(Cl)cc3)c(OC)c2)n2ncnc2N1. The molecule has 3 aromatic rings. The van der Waals surface area contributed by atoms with E-state index in [2.05, 4.69) is 22.3 Å². The Bertz CT molecular complexity index is 1190. The van der Waals surface area contributed by atoms with Crippen molar-refractivity contribution in [1.82, 2.24) is 14.8 Å². The summed E-state index contributed by atoms with van der Waals surface area (Å²) < 4.78 is 18.7. The third-order valence-corrected chi connectivity index (χ3v) is 5.74. The number of ether oxygens (including phenoxy) is 3. The summed E-state index contributed by atoms with van der Waals surface area (Å²) in [6.07, 6.45) is 3.00. The van der Waals surface area contributed by atoms with Gasteiger partial charge in [-0.15, -0.1) is 0 Å². The van der Waals surface area contributed by atoms with Crippen LogP contribution in [0.1, 0.15) is 43.9 Å². The van der Waals surface area contributed by atoms with Gasteiger partial charge in [-0.2, -0.15) is 10.1 Å². The highest BCUT2D eigenvalue weighted by Gasteiger charge is 2.35. The first-order valence-corrected chi connectivity index (χ1v) is 11.5. The molecule has 0 amide bonds. The number of halogens is 1. The Hall–Kier alpha value is -3.52. The summed E-state index contributed by atoms with van der Waals surface area (Å²) in [5.41, 5.74) is 3.09. The zero-order valence-corrected chi connectivity index (χ0v) is 20.1. The highest BCUT2D eigenvalue weighted by atomic mass is 35.5. The van der Waals surface area contributed by atoms with Crippen LogP contribution in [0.5, 0.6) is 11.5 Å². The predicted octanol–water partition coefficient (Wildman–Crippen LogP) is 5.15. The van der Waals surface area contributed by atoms with Crippen LogP contribution >= 0.6 is 11.6 Å². The number of hydrogen-bond acceptors (Lipinski definition) is 7. The Labute approximate surface area is 203 Å². The maximum atomic E-state index is 13.1. The Morgan fingerprint density at radius 1 is 1.15 bits per heavy atom. The molecule has 0 aliphatic carbocycles. The van der Waals surface area contributed by atoms with Gasteiger partial charge < -0.3 is 19.5 Å². The van der Waals surface area contributed by atoms with E-state index in [0.29, 0.717) is 41.1 Å². The summed E-state index contributed by atoms with van der Waals surface area (Å²) in [7, 11) is 1.59. The lowest BCUT2D eigenvalue weighted by Gasteiger charge is -2.29. The highest BCUT2D eigenvalue weighted by molar-refractivity contribution is 6.30. The molecule has 34 heavy (non-hydrogen) atoms. The molecule has 1 N–H and O–H groups in total. The average molecular weight is 483 g/mol. The van der Waals surface area contributed by atoms with Crippen molar-refractivity contribution in [2.24, 2.45) is 0 Å². The number of carbonyl (C=O) groups is 1. The zero-order valence-electron chi connectivity index (χ0n) is 19.4. The summed E-state index contributed by atoms with van der Waals surface area (Å²) in [5.74, 6) is 1.33. The van der Waals surface area contributed by atoms with Crippen molar-refractivity contribution in [3.8, 4) is 11.5 Å². The molecule has 178 valence electrons. The molecule has 2 aromatic carbocycles. The van der Waals surface area contributed by atoms with Crippen LogP contribution in [0.2, 0.25) is 5.02 Å². The molecule has 1 aromatic heterocycles. The molecule has 0 fully saturated rings. The molecule has 0 saturated carbocycles. The number of methoxy groups -OCH3 is 1. The van der Waals surface area contributed by atoms with E-state index in [9.17, 15) is 4.79 Å². The van der Waals surface area contributed by atoms with Crippen molar-refractivity contribution < 1.29 is 19.0 Å². The number of fused-ring (bicyclic) bond motifs is 1. The van der Waals surface area contributed by atoms with Crippen LogP contribution in [0.15, 0.2) is 60.1 Å². The van der Waals surface area contributed by atoms with Crippen LogP contribution in [0, 0.1) is 0 Å². The summed E-state index contributed by atoms with van der Waals surface area (Å²) in [6.45, 7) is 4.49. The van der Waals surface area contributed by atoms with Gasteiger partial charge in [0.25, 0.3) is 0 Å². The second-order valence-electron chi connectivity index (χ2n) is 7.74. The number of carbonyl (C=O) groups excluding carboxylic acids is 1. The van der Waals surface area contributed by atoms with Crippen molar-refractivity contribution in [2.45, 2.75) is 39.3 Å². The number of nitrogens with one attached hydrogen (secondary N) is 1. The van der Waals surface area contributed by atoms with Crippen molar-refractivity contribution in [2.75, 3.05) is 19.0 Å². The third kappa shape index (κ3) is 4.87. The highest BCUT2D eigenvalue weighted by Crippen LogP contribution is 2.40. The van der Waals surface area contributed by atoms with E-state index < -0.39 is 6.04 Å². The van der Waals surface area contributed by atoms with E-state index in [-0.39, 0.29) is 12.6 Å². The van der Waals surface area contributed by atoms with Crippen LogP contribution < -0.4 is 14.8 Å². The molecular weight excluding hydrogens is 456 g/mol. The summed E-state index contributed by atoms with van der Waals surface area (Å²) in [5, 5.41) is 8.31. The minimum Gasteiger partial charge on any atom is -0.493 e. The van der Waals surface area contributed by atoms with Crippen molar-refractivity contribution in [3.05, 3.63) is 76.2 Å². The van der Waals surface area contributed by atoms with Gasteiger partial charge in [0.05, 0.1) is 19.3 Å². The summed E-state index contributed by atoms with van der Waals surface area (Å²) in [6, 6.07) is 12.6. The average Bonchev–Trinajstić information content (AvgIpc) is 3.31. The van der Waals surface area contributed by atoms with Gasteiger partial charge in [-0.25, -0.2) is 9.48 Å². The van der Waals surface area contributed by atoms with E-state index in [1.165, 1.54) is 6.33 Å². The van der Waals surface area contributed by atoms with Gasteiger partial charge in [-0.1, -0.05) is 43.1 Å². The maximum Gasteiger partial charge on any atom is 0.338 e. The van der Waals surface area contributed by atoms with Gasteiger partial charge in [-0.3, -0.25) is 0 Å². The van der Waals surface area contributed by atoms with E-state index in [0.717, 1.165) is 23.2 Å². The van der Waals surface area contributed by atoms with Crippen LogP contribution in [-0.4, -0.2) is 34.5 Å². The van der Waals surface area contributed by atoms with E-state index in [4.69, 9.17) is 25.8 Å². The minimum absolute atomic E-state index is 0.277. The molecule has 2 heterocycles. The molecule has 8 nitrogen and oxygen atoms in total. The van der Waals surface area contributed by atoms with Crippen LogP contribution in [0.4, 0.5) is 5.95 Å². The normalized spacial score (nSPS) is 14.9. The smallest absolute Gasteiger partial charge is 0.338 e. The predicted molar refractivity (Wildman–Crippen MR) is 129 cm³/mol. The lowest BCUT2D eigenvalue weighted by molar-refractivity contribution is -0.139. The molecule has 0 radical (unpaired) electrons. The molecule has 4 rings (SSSR count). The van der Waals surface area contributed by atoms with Crippen LogP contribution in [-0.2, 0) is 16.1 Å². The first-order chi connectivity index (χ1) is 16.5. The maximum absolute atomic E-state index is 13.1. The molecule has 0 bridgehead atoms. The Kier molecular flexibility index (Phi) is 7.37. The monoisotopic (exact) mass is 482 g/mol. The van der Waals surface area contributed by atoms with E-state index >= 15 is 0 Å². The third-order valence-electron chi connectivity index (χ3n) is 5.49. The second-order valence-corrected chi connectivity index (χ2v) is 8.18. The molecule has 1 atom stereocenters. The molecule has 0 spiro atoms. The van der Waals surface area contributed by atoms with Gasteiger partial charge >= 0.3 is 5.97 Å². The van der Waals surface area contributed by atoms with Gasteiger partial charge in [0.2, 0.25) is 5.95 Å². The van der Waals surface area contributed by atoms with E-state index in [1.54, 1.807) is 18.7 Å². The number of aromatic nitrogens is 3. The second kappa shape index (κ2) is 10.6. The molecule has 1 aliphatic rings. The molecule has 0 saturated heterocycles. The Balaban J connectivity index is 1.70. The topological polar surface area (TPSA) is 87.5 Å². The summed E-state index contributed by atoms with van der Waals surface area (Å²) in [4.78, 5) is 17.4. The number of anilines is 1. The van der Waals surface area contributed by atoms with Gasteiger partial charge in [0.1, 0.15) is 19.0 Å². The fraction of sp³-hybridized carbons (Fsp3) is 0.320. The fourth-order valence-electron chi connectivity index (χ4n) is 3.93. The lowest BCUT2D eigenvalue weighted by atomic mass is 9.93. The molecule has 9 heteroatoms.